The maximum absolute atomic E-state index is 2.62. The third-order valence-electron chi connectivity index (χ3n) is 2.89. The Morgan fingerprint density at radius 1 is 1.23 bits per heavy atom. The number of hydrogen-bond donors (Lipinski definition) is 0. The highest BCUT2D eigenvalue weighted by Crippen LogP contribution is 2.15. The molecule has 0 saturated carbocycles. The summed E-state index contributed by atoms with van der Waals surface area (Å²) in [6, 6.07) is 1.43. The van der Waals surface area contributed by atoms with Crippen LogP contribution in [0.3, 0.4) is 0 Å². The van der Waals surface area contributed by atoms with Gasteiger partial charge in [-0.25, -0.2) is 0 Å². The van der Waals surface area contributed by atoms with Gasteiger partial charge in [0, 0.05) is 0 Å². The third-order valence-corrected chi connectivity index (χ3v) is 5.64. The fourth-order valence-electron chi connectivity index (χ4n) is 1.99. The van der Waals surface area contributed by atoms with Crippen molar-refractivity contribution in [2.24, 2.45) is 0 Å². The molecule has 0 aliphatic carbocycles. The summed E-state index contributed by atoms with van der Waals surface area (Å²) in [7, 11) is -0.993. The summed E-state index contributed by atoms with van der Waals surface area (Å²) in [5, 5.41) is 0. The number of hydrogen-bond acceptors (Lipinski definition) is 1. The van der Waals surface area contributed by atoms with E-state index in [4.69, 9.17) is 0 Å². The third kappa shape index (κ3) is 4.10. The predicted molar refractivity (Wildman–Crippen MR) is 62.8 cm³/mol. The molecule has 1 aliphatic rings. The zero-order chi connectivity index (χ0) is 9.73. The lowest BCUT2D eigenvalue weighted by atomic mass is 10.4. The SMILES string of the molecule is CC=C[Si](C)(C)CCN1CCCC1. The molecule has 1 rings (SSSR count). The standard InChI is InChI=1S/C11H23NSi/c1-4-10-13(2,3)11-9-12-7-5-6-8-12/h4,10H,5-9,11H2,1-3H3. The molecular formula is C11H23NSi. The normalized spacial score (nSPS) is 20.2. The summed E-state index contributed by atoms with van der Waals surface area (Å²) < 4.78 is 0. The van der Waals surface area contributed by atoms with Crippen molar-refractivity contribution in [1.82, 2.24) is 4.90 Å². The minimum Gasteiger partial charge on any atom is -0.304 e. The molecule has 13 heavy (non-hydrogen) atoms. The van der Waals surface area contributed by atoms with Crippen LogP contribution >= 0.6 is 0 Å². The van der Waals surface area contributed by atoms with Gasteiger partial charge >= 0.3 is 0 Å². The van der Waals surface area contributed by atoms with Crippen LogP contribution in [0.4, 0.5) is 0 Å². The summed E-state index contributed by atoms with van der Waals surface area (Å²) in [6.45, 7) is 11.1. The van der Waals surface area contributed by atoms with Gasteiger partial charge in [0.25, 0.3) is 0 Å². The molecule has 1 aliphatic heterocycles. The van der Waals surface area contributed by atoms with E-state index in [9.17, 15) is 0 Å². The van der Waals surface area contributed by atoms with Crippen LogP contribution in [-0.4, -0.2) is 32.6 Å². The quantitative estimate of drug-likeness (QED) is 0.626. The number of allylic oxidation sites excluding steroid dienone is 1. The lowest BCUT2D eigenvalue weighted by Gasteiger charge is -2.22. The van der Waals surface area contributed by atoms with Crippen molar-refractivity contribution in [3.8, 4) is 0 Å². The van der Waals surface area contributed by atoms with Gasteiger partial charge in [-0.15, -0.1) is 0 Å². The number of rotatable bonds is 4. The van der Waals surface area contributed by atoms with Gasteiger partial charge in [-0.05, 0) is 45.4 Å². The minimum absolute atomic E-state index is 0.993. The van der Waals surface area contributed by atoms with Crippen molar-refractivity contribution < 1.29 is 0 Å². The van der Waals surface area contributed by atoms with Crippen LogP contribution in [0.5, 0.6) is 0 Å². The first-order valence-electron chi connectivity index (χ1n) is 5.50. The molecule has 0 aromatic carbocycles. The van der Waals surface area contributed by atoms with E-state index in [1.54, 1.807) is 0 Å². The Balaban J connectivity index is 2.23. The van der Waals surface area contributed by atoms with Crippen molar-refractivity contribution in [3.05, 3.63) is 11.8 Å². The summed E-state index contributed by atoms with van der Waals surface area (Å²) in [6.07, 6.45) is 5.08. The van der Waals surface area contributed by atoms with Gasteiger partial charge in [0.1, 0.15) is 0 Å². The van der Waals surface area contributed by atoms with E-state index in [0.717, 1.165) is 0 Å². The Morgan fingerprint density at radius 2 is 1.85 bits per heavy atom. The molecule has 1 fully saturated rings. The van der Waals surface area contributed by atoms with Gasteiger partial charge in [0.15, 0.2) is 0 Å². The molecule has 0 aromatic heterocycles. The van der Waals surface area contributed by atoms with E-state index in [1.807, 2.05) is 0 Å². The molecule has 0 radical (unpaired) electrons. The van der Waals surface area contributed by atoms with Gasteiger partial charge in [-0.1, -0.05) is 24.9 Å². The highest BCUT2D eigenvalue weighted by atomic mass is 28.3. The zero-order valence-electron chi connectivity index (χ0n) is 9.34. The van der Waals surface area contributed by atoms with Crippen LogP contribution in [0.15, 0.2) is 11.8 Å². The summed E-state index contributed by atoms with van der Waals surface area (Å²) >= 11 is 0. The van der Waals surface area contributed by atoms with Gasteiger partial charge in [0.2, 0.25) is 0 Å². The van der Waals surface area contributed by atoms with E-state index in [0.29, 0.717) is 0 Å². The summed E-state index contributed by atoms with van der Waals surface area (Å²) in [4.78, 5) is 2.62. The second kappa shape index (κ2) is 4.96. The van der Waals surface area contributed by atoms with E-state index >= 15 is 0 Å². The van der Waals surface area contributed by atoms with Crippen molar-refractivity contribution >= 4 is 8.07 Å². The smallest absolute Gasteiger partial charge is 0.0725 e. The highest BCUT2D eigenvalue weighted by Gasteiger charge is 2.19. The Morgan fingerprint density at radius 3 is 2.38 bits per heavy atom. The molecule has 0 atom stereocenters. The van der Waals surface area contributed by atoms with Crippen molar-refractivity contribution in [2.75, 3.05) is 19.6 Å². The molecule has 0 bridgehead atoms. The van der Waals surface area contributed by atoms with Gasteiger partial charge in [0.05, 0.1) is 8.07 Å². The Bertz CT molecular complexity index is 169. The lowest BCUT2D eigenvalue weighted by Crippen LogP contribution is -2.30. The second-order valence-corrected chi connectivity index (χ2v) is 9.60. The van der Waals surface area contributed by atoms with Crippen LogP contribution in [0.2, 0.25) is 19.1 Å². The number of nitrogens with zero attached hydrogens (tertiary/aromatic N) is 1. The second-order valence-electron chi connectivity index (χ2n) is 4.79. The molecule has 1 saturated heterocycles. The molecular weight excluding hydrogens is 174 g/mol. The average Bonchev–Trinajstić information content (AvgIpc) is 2.52. The molecule has 0 spiro atoms. The molecule has 76 valence electrons. The zero-order valence-corrected chi connectivity index (χ0v) is 10.3. The fraction of sp³-hybridized carbons (Fsp3) is 0.818. The first-order chi connectivity index (χ1) is 6.14. The maximum Gasteiger partial charge on any atom is 0.0725 e. The van der Waals surface area contributed by atoms with Crippen LogP contribution in [0.1, 0.15) is 19.8 Å². The first kappa shape index (κ1) is 11.0. The molecule has 0 unspecified atom stereocenters. The van der Waals surface area contributed by atoms with E-state index in [1.165, 1.54) is 38.5 Å². The van der Waals surface area contributed by atoms with Crippen LogP contribution in [0, 0.1) is 0 Å². The van der Waals surface area contributed by atoms with Crippen LogP contribution < -0.4 is 0 Å². The Hall–Kier alpha value is -0.0831. The minimum atomic E-state index is -0.993. The molecule has 1 heterocycles. The van der Waals surface area contributed by atoms with Crippen molar-refractivity contribution in [2.45, 2.75) is 38.9 Å². The van der Waals surface area contributed by atoms with Crippen molar-refractivity contribution in [1.29, 1.82) is 0 Å². The molecule has 0 aromatic rings. The monoisotopic (exact) mass is 197 g/mol. The topological polar surface area (TPSA) is 3.24 Å². The molecule has 2 heteroatoms. The predicted octanol–water partition coefficient (Wildman–Crippen LogP) is 2.91. The summed E-state index contributed by atoms with van der Waals surface area (Å²) in [5.74, 6) is 0. The van der Waals surface area contributed by atoms with Gasteiger partial charge in [-0.2, -0.15) is 0 Å². The molecule has 0 amide bonds. The Kier molecular flexibility index (Phi) is 4.20. The summed E-state index contributed by atoms with van der Waals surface area (Å²) in [5.41, 5.74) is 2.46. The largest absolute Gasteiger partial charge is 0.304 e. The van der Waals surface area contributed by atoms with Gasteiger partial charge in [-0.3, -0.25) is 0 Å². The van der Waals surface area contributed by atoms with Crippen LogP contribution in [0.25, 0.3) is 0 Å². The van der Waals surface area contributed by atoms with Gasteiger partial charge < -0.3 is 4.90 Å². The van der Waals surface area contributed by atoms with Crippen LogP contribution in [-0.2, 0) is 0 Å². The van der Waals surface area contributed by atoms with E-state index in [2.05, 4.69) is 36.7 Å². The average molecular weight is 197 g/mol. The van der Waals surface area contributed by atoms with E-state index < -0.39 is 8.07 Å². The fourth-order valence-corrected chi connectivity index (χ4v) is 3.95. The molecule has 0 N–H and O–H groups in total. The highest BCUT2D eigenvalue weighted by molar-refractivity contribution is 6.82. The maximum atomic E-state index is 2.62. The Labute approximate surface area is 83.8 Å². The lowest BCUT2D eigenvalue weighted by molar-refractivity contribution is 0.357. The van der Waals surface area contributed by atoms with Crippen molar-refractivity contribution in [3.63, 3.8) is 0 Å². The first-order valence-corrected chi connectivity index (χ1v) is 8.79. The van der Waals surface area contributed by atoms with E-state index in [-0.39, 0.29) is 0 Å². The molecule has 1 nitrogen and oxygen atoms in total. The number of likely N-dealkylation sites (tertiary alicyclic amines) is 1.